The Kier molecular flexibility index (Phi) is 3.71. The van der Waals surface area contributed by atoms with Gasteiger partial charge in [0.1, 0.15) is 23.2 Å². The minimum Gasteiger partial charge on any atom is -0.507 e. The lowest BCUT2D eigenvalue weighted by molar-refractivity contribution is 0.0556. The van der Waals surface area contributed by atoms with Gasteiger partial charge in [-0.05, 0) is 18.1 Å². The maximum absolute atomic E-state index is 9.74. The molecule has 0 bridgehead atoms. The molecule has 0 radical (unpaired) electrons. The van der Waals surface area contributed by atoms with E-state index in [1.807, 2.05) is 13.8 Å². The van der Waals surface area contributed by atoms with Crippen molar-refractivity contribution < 1.29 is 19.5 Å². The number of hydrogen-bond donors (Lipinski definition) is 2. The van der Waals surface area contributed by atoms with Crippen molar-refractivity contribution in [2.75, 3.05) is 7.11 Å². The van der Waals surface area contributed by atoms with E-state index in [9.17, 15) is 10.2 Å². The Balaban J connectivity index is 2.41. The number of hydrogen-bond acceptors (Lipinski definition) is 6. The molecule has 0 aliphatic rings. The molecule has 0 aliphatic heterocycles. The van der Waals surface area contributed by atoms with Crippen molar-refractivity contribution in [3.63, 3.8) is 0 Å². The van der Waals surface area contributed by atoms with E-state index < -0.39 is 0 Å². The Morgan fingerprint density at radius 2 is 1.84 bits per heavy atom. The SMILES string of the molecule is COC(c1noc(-c2c(O)cccc2O)n1)C(C)C. The van der Waals surface area contributed by atoms with Gasteiger partial charge in [0.2, 0.25) is 5.82 Å². The van der Waals surface area contributed by atoms with Crippen molar-refractivity contribution in [1.82, 2.24) is 10.1 Å². The third-order valence-electron chi connectivity index (χ3n) is 2.79. The lowest BCUT2D eigenvalue weighted by Crippen LogP contribution is -2.10. The summed E-state index contributed by atoms with van der Waals surface area (Å²) in [6.07, 6.45) is -0.300. The molecule has 0 saturated heterocycles. The molecule has 1 heterocycles. The van der Waals surface area contributed by atoms with Crippen LogP contribution in [0.15, 0.2) is 22.7 Å². The predicted molar refractivity (Wildman–Crippen MR) is 67.7 cm³/mol. The van der Waals surface area contributed by atoms with Gasteiger partial charge in [0.05, 0.1) is 0 Å². The lowest BCUT2D eigenvalue weighted by Gasteiger charge is -2.14. The summed E-state index contributed by atoms with van der Waals surface area (Å²) >= 11 is 0. The standard InChI is InChI=1S/C13H16N2O4/c1-7(2)11(18-3)12-14-13(19-15-12)10-8(16)5-4-6-9(10)17/h4-7,11,16-17H,1-3H3. The number of aromatic nitrogens is 2. The molecule has 102 valence electrons. The quantitative estimate of drug-likeness (QED) is 0.882. The zero-order valence-electron chi connectivity index (χ0n) is 11.0. The van der Waals surface area contributed by atoms with Gasteiger partial charge in [-0.1, -0.05) is 25.1 Å². The summed E-state index contributed by atoms with van der Waals surface area (Å²) < 4.78 is 10.4. The van der Waals surface area contributed by atoms with Crippen LogP contribution in [0.4, 0.5) is 0 Å². The molecule has 1 aromatic carbocycles. The second-order valence-electron chi connectivity index (χ2n) is 4.53. The number of nitrogens with zero attached hydrogens (tertiary/aromatic N) is 2. The predicted octanol–water partition coefficient (Wildman–Crippen LogP) is 2.49. The summed E-state index contributed by atoms with van der Waals surface area (Å²) in [5.41, 5.74) is 0.125. The highest BCUT2D eigenvalue weighted by Crippen LogP contribution is 2.36. The van der Waals surface area contributed by atoms with E-state index in [1.165, 1.54) is 18.2 Å². The molecule has 2 rings (SSSR count). The van der Waals surface area contributed by atoms with Crippen LogP contribution in [0.25, 0.3) is 11.5 Å². The Morgan fingerprint density at radius 1 is 1.21 bits per heavy atom. The molecule has 19 heavy (non-hydrogen) atoms. The lowest BCUT2D eigenvalue weighted by atomic mass is 10.1. The Morgan fingerprint density at radius 3 is 2.37 bits per heavy atom. The van der Waals surface area contributed by atoms with Crippen molar-refractivity contribution in [3.05, 3.63) is 24.0 Å². The Hall–Kier alpha value is -2.08. The van der Waals surface area contributed by atoms with Crippen LogP contribution < -0.4 is 0 Å². The van der Waals surface area contributed by atoms with Crippen LogP contribution in [-0.2, 0) is 4.74 Å². The zero-order valence-corrected chi connectivity index (χ0v) is 11.0. The van der Waals surface area contributed by atoms with Gasteiger partial charge in [0.15, 0.2) is 0 Å². The van der Waals surface area contributed by atoms with Crippen molar-refractivity contribution >= 4 is 0 Å². The maximum Gasteiger partial charge on any atom is 0.265 e. The van der Waals surface area contributed by atoms with Crippen molar-refractivity contribution in [1.29, 1.82) is 0 Å². The second-order valence-corrected chi connectivity index (χ2v) is 4.53. The molecule has 0 saturated carbocycles. The Bertz CT molecular complexity index is 545. The summed E-state index contributed by atoms with van der Waals surface area (Å²) in [4.78, 5) is 4.17. The van der Waals surface area contributed by atoms with Gasteiger partial charge in [0, 0.05) is 7.11 Å². The fourth-order valence-electron chi connectivity index (χ4n) is 1.88. The number of rotatable bonds is 4. The molecule has 6 heteroatoms. The van der Waals surface area contributed by atoms with Crippen LogP contribution in [0.3, 0.4) is 0 Å². The van der Waals surface area contributed by atoms with Gasteiger partial charge in [-0.2, -0.15) is 4.98 Å². The Labute approximate surface area is 110 Å². The molecule has 0 fully saturated rings. The molecule has 0 amide bonds. The van der Waals surface area contributed by atoms with E-state index in [2.05, 4.69) is 10.1 Å². The molecule has 1 aromatic heterocycles. The second kappa shape index (κ2) is 5.27. The van der Waals surface area contributed by atoms with Gasteiger partial charge in [-0.25, -0.2) is 0 Å². The average molecular weight is 264 g/mol. The maximum atomic E-state index is 9.74. The van der Waals surface area contributed by atoms with Crippen LogP contribution in [0.2, 0.25) is 0 Å². The fourth-order valence-corrected chi connectivity index (χ4v) is 1.88. The molecule has 1 atom stereocenters. The molecular weight excluding hydrogens is 248 g/mol. The topological polar surface area (TPSA) is 88.6 Å². The molecule has 0 spiro atoms. The minimum atomic E-state index is -0.300. The van der Waals surface area contributed by atoms with Crippen LogP contribution in [0, 0.1) is 5.92 Å². The summed E-state index contributed by atoms with van der Waals surface area (Å²) in [6, 6.07) is 4.40. The van der Waals surface area contributed by atoms with Gasteiger partial charge in [-0.3, -0.25) is 0 Å². The van der Waals surface area contributed by atoms with Crippen LogP contribution in [-0.4, -0.2) is 27.5 Å². The summed E-state index contributed by atoms with van der Waals surface area (Å²) in [6.45, 7) is 3.95. The molecule has 6 nitrogen and oxygen atoms in total. The summed E-state index contributed by atoms with van der Waals surface area (Å²) in [7, 11) is 1.57. The van der Waals surface area contributed by atoms with E-state index in [1.54, 1.807) is 7.11 Å². The smallest absolute Gasteiger partial charge is 0.265 e. The number of phenolic OH excluding ortho intramolecular Hbond substituents is 2. The number of phenols is 2. The van der Waals surface area contributed by atoms with E-state index in [0.29, 0.717) is 5.82 Å². The van der Waals surface area contributed by atoms with Gasteiger partial charge < -0.3 is 19.5 Å². The first-order chi connectivity index (χ1) is 9.04. The first-order valence-corrected chi connectivity index (χ1v) is 5.92. The van der Waals surface area contributed by atoms with Gasteiger partial charge in [-0.15, -0.1) is 0 Å². The van der Waals surface area contributed by atoms with E-state index in [0.717, 1.165) is 0 Å². The van der Waals surface area contributed by atoms with E-state index in [-0.39, 0.29) is 35.0 Å². The summed E-state index contributed by atoms with van der Waals surface area (Å²) in [5, 5.41) is 23.3. The van der Waals surface area contributed by atoms with E-state index >= 15 is 0 Å². The third-order valence-corrected chi connectivity index (χ3v) is 2.79. The monoisotopic (exact) mass is 264 g/mol. The number of benzene rings is 1. The first kappa shape index (κ1) is 13.4. The average Bonchev–Trinajstić information content (AvgIpc) is 2.78. The zero-order chi connectivity index (χ0) is 14.0. The third kappa shape index (κ3) is 2.53. The number of aromatic hydroxyl groups is 2. The van der Waals surface area contributed by atoms with Crippen LogP contribution >= 0.6 is 0 Å². The molecule has 2 N–H and O–H groups in total. The van der Waals surface area contributed by atoms with Gasteiger partial charge >= 0.3 is 0 Å². The van der Waals surface area contributed by atoms with Crippen LogP contribution in [0.1, 0.15) is 25.8 Å². The number of ether oxygens (including phenoxy) is 1. The van der Waals surface area contributed by atoms with Crippen molar-refractivity contribution in [2.24, 2.45) is 5.92 Å². The van der Waals surface area contributed by atoms with Crippen LogP contribution in [0.5, 0.6) is 11.5 Å². The van der Waals surface area contributed by atoms with E-state index in [4.69, 9.17) is 9.26 Å². The fraction of sp³-hybridized carbons (Fsp3) is 0.385. The summed E-state index contributed by atoms with van der Waals surface area (Å²) in [5.74, 6) is 0.388. The highest BCUT2D eigenvalue weighted by Gasteiger charge is 2.24. The number of methoxy groups -OCH3 is 1. The molecule has 2 aromatic rings. The van der Waals surface area contributed by atoms with Gasteiger partial charge in [0.25, 0.3) is 5.89 Å². The normalized spacial score (nSPS) is 12.8. The highest BCUT2D eigenvalue weighted by atomic mass is 16.5. The largest absolute Gasteiger partial charge is 0.507 e. The highest BCUT2D eigenvalue weighted by molar-refractivity contribution is 5.69. The van der Waals surface area contributed by atoms with Crippen molar-refractivity contribution in [3.8, 4) is 23.0 Å². The molecule has 1 unspecified atom stereocenters. The first-order valence-electron chi connectivity index (χ1n) is 5.92. The van der Waals surface area contributed by atoms with Crippen molar-refractivity contribution in [2.45, 2.75) is 20.0 Å². The molecular formula is C13H16N2O4. The minimum absolute atomic E-state index is 0.0632. The molecule has 0 aliphatic carbocycles.